The number of benzene rings is 1. The van der Waals surface area contributed by atoms with E-state index in [1.165, 1.54) is 37.8 Å². The highest BCUT2D eigenvalue weighted by molar-refractivity contribution is 5.75. The average molecular weight is 319 g/mol. The molecule has 0 aromatic heterocycles. The Kier molecular flexibility index (Phi) is 5.49. The topological polar surface area (TPSA) is 35.6 Å². The Morgan fingerprint density at radius 2 is 1.78 bits per heavy atom. The highest BCUT2D eigenvalue weighted by Crippen LogP contribution is 2.33. The van der Waals surface area contributed by atoms with Gasteiger partial charge in [-0.05, 0) is 50.0 Å². The molecule has 5 heteroatoms. The summed E-state index contributed by atoms with van der Waals surface area (Å²) in [5.74, 6) is -0.235. The normalized spacial score (nSPS) is 22.3. The third-order valence-electron chi connectivity index (χ3n) is 4.94. The van der Waals surface area contributed by atoms with Gasteiger partial charge in [-0.15, -0.1) is 0 Å². The van der Waals surface area contributed by atoms with Gasteiger partial charge in [0.05, 0.1) is 6.04 Å². The Bertz CT molecular complexity index is 512. The van der Waals surface area contributed by atoms with Crippen LogP contribution in [0.3, 0.4) is 0 Å². The van der Waals surface area contributed by atoms with Crippen molar-refractivity contribution in [3.63, 3.8) is 0 Å². The van der Waals surface area contributed by atoms with Crippen LogP contribution in [0.25, 0.3) is 0 Å². The number of likely N-dealkylation sites (tertiary alicyclic amines) is 2. The predicted octanol–water partition coefficient (Wildman–Crippen LogP) is 3.16. The molecule has 0 saturated carbocycles. The monoisotopic (exact) mass is 319 g/mol. The molecule has 23 heavy (non-hydrogen) atoms. The van der Waals surface area contributed by atoms with Gasteiger partial charge in [-0.1, -0.05) is 25.0 Å². The Morgan fingerprint density at radius 3 is 2.39 bits per heavy atom. The van der Waals surface area contributed by atoms with E-state index in [4.69, 9.17) is 0 Å². The summed E-state index contributed by atoms with van der Waals surface area (Å²) in [7, 11) is 0. The van der Waals surface area contributed by atoms with Gasteiger partial charge in [0, 0.05) is 19.6 Å². The fraction of sp³-hybridized carbons (Fsp3) is 0.611. The third kappa shape index (κ3) is 4.22. The van der Waals surface area contributed by atoms with Gasteiger partial charge < -0.3 is 15.1 Å². The number of carbonyl (C=O) groups excluding carboxylic acids is 1. The van der Waals surface area contributed by atoms with Crippen molar-refractivity contribution in [2.75, 3.05) is 32.7 Å². The first-order chi connectivity index (χ1) is 11.2. The van der Waals surface area contributed by atoms with E-state index in [1.54, 1.807) is 12.1 Å². The van der Waals surface area contributed by atoms with Crippen LogP contribution < -0.4 is 5.32 Å². The van der Waals surface area contributed by atoms with Gasteiger partial charge in [-0.2, -0.15) is 0 Å². The summed E-state index contributed by atoms with van der Waals surface area (Å²) >= 11 is 0. The Balaban J connectivity index is 1.44. The third-order valence-corrected chi connectivity index (χ3v) is 4.94. The van der Waals surface area contributed by atoms with Gasteiger partial charge in [0.2, 0.25) is 0 Å². The average Bonchev–Trinajstić information content (AvgIpc) is 2.77. The molecule has 1 atom stereocenters. The molecule has 2 fully saturated rings. The number of nitrogens with one attached hydrogen (secondary N) is 1. The molecule has 2 heterocycles. The Labute approximate surface area is 137 Å². The maximum Gasteiger partial charge on any atom is 0.317 e. The first-order valence-electron chi connectivity index (χ1n) is 8.76. The Hall–Kier alpha value is -1.62. The number of hydrogen-bond acceptors (Lipinski definition) is 2. The van der Waals surface area contributed by atoms with Crippen molar-refractivity contribution in [3.8, 4) is 0 Å². The van der Waals surface area contributed by atoms with Gasteiger partial charge in [0.25, 0.3) is 0 Å². The fourth-order valence-corrected chi connectivity index (χ4v) is 3.44. The van der Waals surface area contributed by atoms with E-state index in [2.05, 4.69) is 10.2 Å². The van der Waals surface area contributed by atoms with Crippen molar-refractivity contribution in [1.29, 1.82) is 0 Å². The molecule has 2 aliphatic rings. The van der Waals surface area contributed by atoms with E-state index in [0.29, 0.717) is 6.54 Å². The number of amides is 2. The molecule has 1 aromatic rings. The SMILES string of the molecule is O=C(NCCN1CCCCCC1)N1CC[C@H]1c1ccc(F)cc1. The van der Waals surface area contributed by atoms with E-state index in [1.807, 2.05) is 4.90 Å². The summed E-state index contributed by atoms with van der Waals surface area (Å²) in [5, 5.41) is 3.03. The van der Waals surface area contributed by atoms with Crippen molar-refractivity contribution >= 4 is 6.03 Å². The summed E-state index contributed by atoms with van der Waals surface area (Å²) in [6, 6.07) is 6.56. The van der Waals surface area contributed by atoms with E-state index in [0.717, 1.165) is 38.2 Å². The molecule has 2 saturated heterocycles. The highest BCUT2D eigenvalue weighted by atomic mass is 19.1. The molecule has 0 spiro atoms. The van der Waals surface area contributed by atoms with Crippen LogP contribution in [-0.2, 0) is 0 Å². The first kappa shape index (κ1) is 16.2. The van der Waals surface area contributed by atoms with Crippen LogP contribution in [0.2, 0.25) is 0 Å². The number of halogens is 1. The lowest BCUT2D eigenvalue weighted by molar-refractivity contribution is 0.114. The van der Waals surface area contributed by atoms with Crippen LogP contribution >= 0.6 is 0 Å². The number of rotatable bonds is 4. The number of urea groups is 1. The minimum absolute atomic E-state index is 0.000368. The van der Waals surface area contributed by atoms with Gasteiger partial charge >= 0.3 is 6.03 Å². The minimum atomic E-state index is -0.235. The van der Waals surface area contributed by atoms with Crippen molar-refractivity contribution in [3.05, 3.63) is 35.6 Å². The largest absolute Gasteiger partial charge is 0.337 e. The molecule has 3 rings (SSSR count). The second-order valence-corrected chi connectivity index (χ2v) is 6.54. The molecule has 0 bridgehead atoms. The predicted molar refractivity (Wildman–Crippen MR) is 88.8 cm³/mol. The zero-order chi connectivity index (χ0) is 16.1. The molecule has 1 aromatic carbocycles. The molecule has 0 aliphatic carbocycles. The van der Waals surface area contributed by atoms with Gasteiger partial charge in [-0.25, -0.2) is 9.18 Å². The maximum atomic E-state index is 13.0. The number of carbonyl (C=O) groups is 1. The second kappa shape index (κ2) is 7.77. The van der Waals surface area contributed by atoms with Crippen molar-refractivity contribution < 1.29 is 9.18 Å². The summed E-state index contributed by atoms with van der Waals surface area (Å²) < 4.78 is 13.0. The molecule has 0 unspecified atom stereocenters. The lowest BCUT2D eigenvalue weighted by Gasteiger charge is -2.41. The Morgan fingerprint density at radius 1 is 1.09 bits per heavy atom. The molecular formula is C18H26FN3O. The number of hydrogen-bond donors (Lipinski definition) is 1. The smallest absolute Gasteiger partial charge is 0.317 e. The molecule has 4 nitrogen and oxygen atoms in total. The van der Waals surface area contributed by atoms with Crippen molar-refractivity contribution in [1.82, 2.24) is 15.1 Å². The van der Waals surface area contributed by atoms with E-state index >= 15 is 0 Å². The zero-order valence-electron chi connectivity index (χ0n) is 13.6. The van der Waals surface area contributed by atoms with Crippen molar-refractivity contribution in [2.24, 2.45) is 0 Å². The van der Waals surface area contributed by atoms with Gasteiger partial charge in [0.15, 0.2) is 0 Å². The molecule has 1 N–H and O–H groups in total. The van der Waals surface area contributed by atoms with Crippen LogP contribution in [0.15, 0.2) is 24.3 Å². The zero-order valence-corrected chi connectivity index (χ0v) is 13.6. The van der Waals surface area contributed by atoms with Gasteiger partial charge in [-0.3, -0.25) is 0 Å². The summed E-state index contributed by atoms with van der Waals surface area (Å²) in [6.07, 6.45) is 6.15. The lowest BCUT2D eigenvalue weighted by Crippen LogP contribution is -2.51. The molecular weight excluding hydrogens is 293 g/mol. The highest BCUT2D eigenvalue weighted by Gasteiger charge is 2.33. The standard InChI is InChI=1S/C18H26FN3O/c19-16-7-5-15(6-8-16)17-9-13-22(17)18(23)20-10-14-21-11-3-1-2-4-12-21/h5-8,17H,1-4,9-14H2,(H,20,23)/t17-/m0/s1. The van der Waals surface area contributed by atoms with E-state index in [9.17, 15) is 9.18 Å². The van der Waals surface area contributed by atoms with Crippen LogP contribution in [0.4, 0.5) is 9.18 Å². The molecule has 2 amide bonds. The quantitative estimate of drug-likeness (QED) is 0.925. The molecule has 2 aliphatic heterocycles. The maximum absolute atomic E-state index is 13.0. The second-order valence-electron chi connectivity index (χ2n) is 6.54. The van der Waals surface area contributed by atoms with Crippen LogP contribution in [0.1, 0.15) is 43.7 Å². The van der Waals surface area contributed by atoms with E-state index in [-0.39, 0.29) is 17.9 Å². The van der Waals surface area contributed by atoms with Gasteiger partial charge in [0.1, 0.15) is 5.82 Å². The van der Waals surface area contributed by atoms with Crippen LogP contribution in [-0.4, -0.2) is 48.6 Å². The first-order valence-corrected chi connectivity index (χ1v) is 8.76. The minimum Gasteiger partial charge on any atom is -0.337 e. The lowest BCUT2D eigenvalue weighted by atomic mass is 9.95. The fourth-order valence-electron chi connectivity index (χ4n) is 3.44. The summed E-state index contributed by atoms with van der Waals surface area (Å²) in [6.45, 7) is 4.71. The molecule has 0 radical (unpaired) electrons. The van der Waals surface area contributed by atoms with Crippen LogP contribution in [0.5, 0.6) is 0 Å². The molecule has 126 valence electrons. The van der Waals surface area contributed by atoms with Crippen molar-refractivity contribution in [2.45, 2.75) is 38.1 Å². The number of nitrogens with zero attached hydrogens (tertiary/aromatic N) is 2. The summed E-state index contributed by atoms with van der Waals surface area (Å²) in [4.78, 5) is 16.6. The van der Waals surface area contributed by atoms with E-state index < -0.39 is 0 Å². The van der Waals surface area contributed by atoms with Crippen LogP contribution in [0, 0.1) is 5.82 Å². The summed E-state index contributed by atoms with van der Waals surface area (Å²) in [5.41, 5.74) is 1.01.